The van der Waals surface area contributed by atoms with Gasteiger partial charge in [0.15, 0.2) is 11.0 Å². The highest BCUT2D eigenvalue weighted by Crippen LogP contribution is 2.23. The van der Waals surface area contributed by atoms with Gasteiger partial charge in [-0.15, -0.1) is 10.2 Å². The van der Waals surface area contributed by atoms with E-state index >= 15 is 0 Å². The zero-order valence-corrected chi connectivity index (χ0v) is 14.1. The van der Waals surface area contributed by atoms with Crippen molar-refractivity contribution in [2.24, 2.45) is 7.05 Å². The monoisotopic (exact) mass is 321 g/mol. The van der Waals surface area contributed by atoms with Gasteiger partial charge in [0.05, 0.1) is 0 Å². The molecule has 0 fully saturated rings. The molecule has 3 nitrogen and oxygen atoms in total. The fourth-order valence-corrected chi connectivity index (χ4v) is 3.07. The molecule has 0 bridgehead atoms. The van der Waals surface area contributed by atoms with Crippen molar-refractivity contribution in [1.29, 1.82) is 0 Å². The molecule has 2 aromatic carbocycles. The average molecular weight is 321 g/mol. The summed E-state index contributed by atoms with van der Waals surface area (Å²) in [7, 11) is 2.01. The molecule has 0 amide bonds. The molecule has 0 aliphatic heterocycles. The van der Waals surface area contributed by atoms with E-state index < -0.39 is 0 Å². The summed E-state index contributed by atoms with van der Waals surface area (Å²) in [5.41, 5.74) is 3.55. The summed E-state index contributed by atoms with van der Waals surface area (Å²) in [6, 6.07) is 18.7. The molecule has 3 rings (SSSR count). The standard InChI is InChI=1S/C19H19N3S/c1-15-8-6-12-17(14-15)18-20-21-19(22(18)2)23-13-7-11-16-9-4-3-5-10-16/h3-12,14H,13H2,1-2H3/b11-7+. The summed E-state index contributed by atoms with van der Waals surface area (Å²) in [5.74, 6) is 1.78. The van der Waals surface area contributed by atoms with Crippen LogP contribution in [-0.2, 0) is 7.05 Å². The molecule has 0 atom stereocenters. The SMILES string of the molecule is Cc1cccc(-c2nnc(SC/C=C/c3ccccc3)n2C)c1. The highest BCUT2D eigenvalue weighted by atomic mass is 32.2. The topological polar surface area (TPSA) is 30.7 Å². The average Bonchev–Trinajstić information content (AvgIpc) is 2.93. The first kappa shape index (κ1) is 15.6. The molecule has 3 aromatic rings. The third kappa shape index (κ3) is 3.90. The summed E-state index contributed by atoms with van der Waals surface area (Å²) in [6.07, 6.45) is 4.28. The van der Waals surface area contributed by atoms with E-state index in [2.05, 4.69) is 70.2 Å². The number of hydrogen-bond acceptors (Lipinski definition) is 3. The van der Waals surface area contributed by atoms with Gasteiger partial charge in [-0.05, 0) is 18.6 Å². The van der Waals surface area contributed by atoms with Gasteiger partial charge in [-0.3, -0.25) is 0 Å². The summed E-state index contributed by atoms with van der Waals surface area (Å²) in [5, 5.41) is 9.57. The van der Waals surface area contributed by atoms with Crippen LogP contribution in [0.5, 0.6) is 0 Å². The van der Waals surface area contributed by atoms with Crippen LogP contribution in [0.3, 0.4) is 0 Å². The van der Waals surface area contributed by atoms with Gasteiger partial charge in [0.25, 0.3) is 0 Å². The second-order valence-corrected chi connectivity index (χ2v) is 6.35. The Morgan fingerprint density at radius 2 is 1.87 bits per heavy atom. The normalized spacial score (nSPS) is 11.2. The predicted molar refractivity (Wildman–Crippen MR) is 97.4 cm³/mol. The fourth-order valence-electron chi connectivity index (χ4n) is 2.35. The van der Waals surface area contributed by atoms with Crippen molar-refractivity contribution in [3.63, 3.8) is 0 Å². The van der Waals surface area contributed by atoms with Gasteiger partial charge in [-0.2, -0.15) is 0 Å². The van der Waals surface area contributed by atoms with E-state index in [0.717, 1.165) is 22.3 Å². The van der Waals surface area contributed by atoms with Crippen LogP contribution >= 0.6 is 11.8 Å². The quantitative estimate of drug-likeness (QED) is 0.644. The Morgan fingerprint density at radius 1 is 1.04 bits per heavy atom. The van der Waals surface area contributed by atoms with Crippen LogP contribution in [0.1, 0.15) is 11.1 Å². The Balaban J connectivity index is 1.67. The number of rotatable bonds is 5. The van der Waals surface area contributed by atoms with Crippen LogP contribution in [-0.4, -0.2) is 20.5 Å². The summed E-state index contributed by atoms with van der Waals surface area (Å²) in [4.78, 5) is 0. The zero-order valence-electron chi connectivity index (χ0n) is 13.3. The van der Waals surface area contributed by atoms with Gasteiger partial charge in [0.1, 0.15) is 0 Å². The molecule has 116 valence electrons. The van der Waals surface area contributed by atoms with Crippen molar-refractivity contribution in [2.45, 2.75) is 12.1 Å². The van der Waals surface area contributed by atoms with Gasteiger partial charge in [-0.25, -0.2) is 0 Å². The first-order valence-corrected chi connectivity index (χ1v) is 8.53. The Morgan fingerprint density at radius 3 is 2.65 bits per heavy atom. The molecule has 1 aromatic heterocycles. The molecule has 0 aliphatic rings. The number of benzene rings is 2. The molecule has 23 heavy (non-hydrogen) atoms. The van der Waals surface area contributed by atoms with E-state index in [9.17, 15) is 0 Å². The van der Waals surface area contributed by atoms with Crippen molar-refractivity contribution >= 4 is 17.8 Å². The van der Waals surface area contributed by atoms with Crippen LogP contribution < -0.4 is 0 Å². The van der Waals surface area contributed by atoms with Crippen LogP contribution in [0.4, 0.5) is 0 Å². The number of thioether (sulfide) groups is 1. The first-order chi connectivity index (χ1) is 11.2. The summed E-state index contributed by atoms with van der Waals surface area (Å²) in [6.45, 7) is 2.09. The van der Waals surface area contributed by atoms with E-state index in [0.29, 0.717) is 0 Å². The molecule has 4 heteroatoms. The number of hydrogen-bond donors (Lipinski definition) is 0. The molecule has 0 saturated carbocycles. The molecule has 0 saturated heterocycles. The third-order valence-corrected chi connectivity index (χ3v) is 4.50. The minimum absolute atomic E-state index is 0.870. The highest BCUT2D eigenvalue weighted by molar-refractivity contribution is 7.99. The maximum Gasteiger partial charge on any atom is 0.191 e. The van der Waals surface area contributed by atoms with E-state index in [1.54, 1.807) is 11.8 Å². The minimum Gasteiger partial charge on any atom is -0.305 e. The maximum atomic E-state index is 4.33. The van der Waals surface area contributed by atoms with Gasteiger partial charge in [0, 0.05) is 18.4 Å². The second kappa shape index (κ2) is 7.29. The predicted octanol–water partition coefficient (Wildman–Crippen LogP) is 4.60. The van der Waals surface area contributed by atoms with E-state index in [4.69, 9.17) is 0 Å². The molecule has 0 N–H and O–H groups in total. The van der Waals surface area contributed by atoms with Gasteiger partial charge in [-0.1, -0.05) is 78.0 Å². The fraction of sp³-hybridized carbons (Fsp3) is 0.158. The van der Waals surface area contributed by atoms with Crippen molar-refractivity contribution in [1.82, 2.24) is 14.8 Å². The molecular weight excluding hydrogens is 302 g/mol. The number of aryl methyl sites for hydroxylation is 1. The van der Waals surface area contributed by atoms with E-state index in [1.165, 1.54) is 11.1 Å². The largest absolute Gasteiger partial charge is 0.305 e. The van der Waals surface area contributed by atoms with Crippen molar-refractivity contribution in [3.8, 4) is 11.4 Å². The number of nitrogens with zero attached hydrogens (tertiary/aromatic N) is 3. The second-order valence-electron chi connectivity index (χ2n) is 5.36. The molecule has 0 radical (unpaired) electrons. The highest BCUT2D eigenvalue weighted by Gasteiger charge is 2.10. The van der Waals surface area contributed by atoms with Gasteiger partial charge in [0.2, 0.25) is 0 Å². The Labute approximate surface area is 141 Å². The van der Waals surface area contributed by atoms with E-state index in [-0.39, 0.29) is 0 Å². The van der Waals surface area contributed by atoms with Gasteiger partial charge < -0.3 is 4.57 Å². The number of aromatic nitrogens is 3. The van der Waals surface area contributed by atoms with Gasteiger partial charge >= 0.3 is 0 Å². The van der Waals surface area contributed by atoms with Crippen molar-refractivity contribution < 1.29 is 0 Å². The lowest BCUT2D eigenvalue weighted by molar-refractivity contribution is 0.795. The maximum absolute atomic E-state index is 4.33. The Kier molecular flexibility index (Phi) is 4.93. The van der Waals surface area contributed by atoms with Crippen LogP contribution in [0.2, 0.25) is 0 Å². The lowest BCUT2D eigenvalue weighted by atomic mass is 10.1. The first-order valence-electron chi connectivity index (χ1n) is 7.55. The molecular formula is C19H19N3S. The van der Waals surface area contributed by atoms with Crippen LogP contribution in [0, 0.1) is 6.92 Å². The van der Waals surface area contributed by atoms with Crippen molar-refractivity contribution in [3.05, 3.63) is 71.8 Å². The Bertz CT molecular complexity index is 806. The minimum atomic E-state index is 0.870. The smallest absolute Gasteiger partial charge is 0.191 e. The zero-order chi connectivity index (χ0) is 16.1. The van der Waals surface area contributed by atoms with Crippen LogP contribution in [0.15, 0.2) is 65.8 Å². The third-order valence-electron chi connectivity index (χ3n) is 3.53. The lowest BCUT2D eigenvalue weighted by Gasteiger charge is -2.03. The van der Waals surface area contributed by atoms with Crippen molar-refractivity contribution in [2.75, 3.05) is 5.75 Å². The lowest BCUT2D eigenvalue weighted by Crippen LogP contribution is -1.95. The molecule has 0 unspecified atom stereocenters. The Hall–Kier alpha value is -2.33. The van der Waals surface area contributed by atoms with Crippen LogP contribution in [0.25, 0.3) is 17.5 Å². The summed E-state index contributed by atoms with van der Waals surface area (Å²) < 4.78 is 2.05. The molecule has 0 aliphatic carbocycles. The summed E-state index contributed by atoms with van der Waals surface area (Å²) >= 11 is 1.69. The molecule has 1 heterocycles. The molecule has 0 spiro atoms. The van der Waals surface area contributed by atoms with E-state index in [1.807, 2.05) is 25.2 Å².